The van der Waals surface area contributed by atoms with Crippen LogP contribution in [0.25, 0.3) is 0 Å². The molecule has 26 heavy (non-hydrogen) atoms. The summed E-state index contributed by atoms with van der Waals surface area (Å²) in [5.74, 6) is 1.04. The van der Waals surface area contributed by atoms with E-state index < -0.39 is 5.97 Å². The van der Waals surface area contributed by atoms with Gasteiger partial charge in [-0.25, -0.2) is 14.8 Å². The van der Waals surface area contributed by atoms with E-state index in [-0.39, 0.29) is 5.56 Å². The highest BCUT2D eigenvalue weighted by molar-refractivity contribution is 5.89. The second kappa shape index (κ2) is 8.59. The molecule has 0 bridgehead atoms. The third-order valence-corrected chi connectivity index (χ3v) is 4.06. The second-order valence-electron chi connectivity index (χ2n) is 6.08. The Kier molecular flexibility index (Phi) is 5.98. The van der Waals surface area contributed by atoms with Gasteiger partial charge in [-0.15, -0.1) is 0 Å². The Morgan fingerprint density at radius 1 is 1.23 bits per heavy atom. The minimum Gasteiger partial charge on any atom is -0.478 e. The van der Waals surface area contributed by atoms with Gasteiger partial charge in [-0.3, -0.25) is 4.90 Å². The molecule has 0 atom stereocenters. The molecule has 0 amide bonds. The van der Waals surface area contributed by atoms with E-state index >= 15 is 0 Å². The Morgan fingerprint density at radius 2 is 2.00 bits per heavy atom. The van der Waals surface area contributed by atoms with Crippen LogP contribution >= 0.6 is 0 Å². The maximum atomic E-state index is 11.1. The summed E-state index contributed by atoms with van der Waals surface area (Å²) >= 11 is 0. The van der Waals surface area contributed by atoms with E-state index in [1.807, 2.05) is 13.0 Å². The van der Waals surface area contributed by atoms with Gasteiger partial charge in [-0.2, -0.15) is 0 Å². The number of carboxylic acids is 1. The summed E-state index contributed by atoms with van der Waals surface area (Å²) in [7, 11) is 0. The predicted molar refractivity (Wildman–Crippen MR) is 99.2 cm³/mol. The molecule has 1 aliphatic heterocycles. The van der Waals surface area contributed by atoms with Gasteiger partial charge in [-0.05, 0) is 25.1 Å². The lowest BCUT2D eigenvalue weighted by Crippen LogP contribution is -2.39. The van der Waals surface area contributed by atoms with Crippen molar-refractivity contribution >= 4 is 23.3 Å². The number of nitrogens with one attached hydrogen (secondary N) is 2. The molecule has 1 fully saturated rings. The van der Waals surface area contributed by atoms with Gasteiger partial charge in [0.2, 0.25) is 0 Å². The van der Waals surface area contributed by atoms with Crippen LogP contribution in [0.5, 0.6) is 0 Å². The number of carboxylic acid groups (broad SMARTS) is 1. The fourth-order valence-electron chi connectivity index (χ4n) is 2.77. The Balaban J connectivity index is 1.61. The molecule has 3 N–H and O–H groups in total. The third kappa shape index (κ3) is 5.14. The van der Waals surface area contributed by atoms with Crippen LogP contribution in [0.15, 0.2) is 30.3 Å². The van der Waals surface area contributed by atoms with E-state index in [1.54, 1.807) is 24.3 Å². The van der Waals surface area contributed by atoms with Gasteiger partial charge in [0.25, 0.3) is 0 Å². The lowest BCUT2D eigenvalue weighted by atomic mass is 10.2. The Hall–Kier alpha value is -2.71. The quantitative estimate of drug-likeness (QED) is 0.692. The molecule has 0 spiro atoms. The van der Waals surface area contributed by atoms with Crippen molar-refractivity contribution in [2.24, 2.45) is 0 Å². The van der Waals surface area contributed by atoms with Crippen molar-refractivity contribution in [3.8, 4) is 0 Å². The lowest BCUT2D eigenvalue weighted by Gasteiger charge is -2.26. The summed E-state index contributed by atoms with van der Waals surface area (Å²) in [5.41, 5.74) is 0.895. The maximum Gasteiger partial charge on any atom is 0.335 e. The largest absolute Gasteiger partial charge is 0.478 e. The molecule has 1 aromatic carbocycles. The molecule has 8 nitrogen and oxygen atoms in total. The molecule has 8 heteroatoms. The van der Waals surface area contributed by atoms with Crippen molar-refractivity contribution in [1.82, 2.24) is 14.9 Å². The number of carbonyl (C=O) groups is 1. The number of nitrogens with zero attached hydrogens (tertiary/aromatic N) is 3. The first-order valence-electron chi connectivity index (χ1n) is 8.60. The zero-order valence-electron chi connectivity index (χ0n) is 14.7. The van der Waals surface area contributed by atoms with Crippen LogP contribution in [0.1, 0.15) is 16.2 Å². The van der Waals surface area contributed by atoms with Crippen molar-refractivity contribution in [1.29, 1.82) is 0 Å². The van der Waals surface area contributed by atoms with E-state index in [0.29, 0.717) is 17.3 Å². The van der Waals surface area contributed by atoms with Crippen molar-refractivity contribution in [3.05, 3.63) is 41.7 Å². The lowest BCUT2D eigenvalue weighted by molar-refractivity contribution is 0.0398. The number of hydrogen-bond donors (Lipinski definition) is 3. The molecule has 1 aromatic heterocycles. The van der Waals surface area contributed by atoms with E-state index in [0.717, 1.165) is 45.2 Å². The van der Waals surface area contributed by atoms with Gasteiger partial charge in [0.1, 0.15) is 17.5 Å². The van der Waals surface area contributed by atoms with Gasteiger partial charge in [0.15, 0.2) is 0 Å². The number of aromatic carboxylic acids is 1. The summed E-state index contributed by atoms with van der Waals surface area (Å²) in [6.07, 6.45) is 0. The minimum atomic E-state index is -0.960. The molecule has 1 aliphatic rings. The zero-order chi connectivity index (χ0) is 18.4. The minimum absolute atomic E-state index is 0.227. The number of ether oxygens (including phenoxy) is 1. The highest BCUT2D eigenvalue weighted by Crippen LogP contribution is 2.18. The molecular formula is C18H23N5O3. The highest BCUT2D eigenvalue weighted by Gasteiger charge is 2.10. The first kappa shape index (κ1) is 18.1. The number of aryl methyl sites for hydroxylation is 1. The fourth-order valence-corrected chi connectivity index (χ4v) is 2.77. The van der Waals surface area contributed by atoms with E-state index in [2.05, 4.69) is 25.5 Å². The van der Waals surface area contributed by atoms with Gasteiger partial charge in [-0.1, -0.05) is 6.07 Å². The SMILES string of the molecule is Cc1nc(NCCN2CCOCC2)cc(Nc2cccc(C(=O)O)c2)n1. The van der Waals surface area contributed by atoms with Gasteiger partial charge in [0.05, 0.1) is 18.8 Å². The van der Waals surface area contributed by atoms with Crippen LogP contribution in [0.4, 0.5) is 17.3 Å². The molecule has 0 saturated carbocycles. The summed E-state index contributed by atoms with van der Waals surface area (Å²) in [6, 6.07) is 8.44. The molecule has 2 heterocycles. The average molecular weight is 357 g/mol. The van der Waals surface area contributed by atoms with Crippen LogP contribution in [-0.2, 0) is 4.74 Å². The Morgan fingerprint density at radius 3 is 2.77 bits per heavy atom. The van der Waals surface area contributed by atoms with Gasteiger partial charge >= 0.3 is 5.97 Å². The van der Waals surface area contributed by atoms with Crippen LogP contribution < -0.4 is 10.6 Å². The third-order valence-electron chi connectivity index (χ3n) is 4.06. The van der Waals surface area contributed by atoms with Crippen molar-refractivity contribution < 1.29 is 14.6 Å². The molecule has 138 valence electrons. The molecule has 0 aliphatic carbocycles. The van der Waals surface area contributed by atoms with Crippen molar-refractivity contribution in [3.63, 3.8) is 0 Å². The van der Waals surface area contributed by atoms with Crippen LogP contribution in [0, 0.1) is 6.92 Å². The number of aromatic nitrogens is 2. The Labute approximate surface area is 152 Å². The van der Waals surface area contributed by atoms with E-state index in [4.69, 9.17) is 9.84 Å². The van der Waals surface area contributed by atoms with E-state index in [1.165, 1.54) is 0 Å². The summed E-state index contributed by atoms with van der Waals surface area (Å²) in [6.45, 7) is 7.02. The van der Waals surface area contributed by atoms with Crippen LogP contribution in [0.2, 0.25) is 0 Å². The molecule has 3 rings (SSSR count). The highest BCUT2D eigenvalue weighted by atomic mass is 16.5. The number of morpholine rings is 1. The first-order chi connectivity index (χ1) is 12.6. The first-order valence-corrected chi connectivity index (χ1v) is 8.60. The zero-order valence-corrected chi connectivity index (χ0v) is 14.7. The topological polar surface area (TPSA) is 99.6 Å². The van der Waals surface area contributed by atoms with Crippen LogP contribution in [0.3, 0.4) is 0 Å². The average Bonchev–Trinajstić information content (AvgIpc) is 2.62. The second-order valence-corrected chi connectivity index (χ2v) is 6.08. The maximum absolute atomic E-state index is 11.1. The summed E-state index contributed by atoms with van der Waals surface area (Å²) in [5, 5.41) is 15.6. The van der Waals surface area contributed by atoms with Crippen molar-refractivity contribution in [2.45, 2.75) is 6.92 Å². The van der Waals surface area contributed by atoms with Crippen molar-refractivity contribution in [2.75, 3.05) is 50.0 Å². The number of hydrogen-bond acceptors (Lipinski definition) is 7. The number of benzene rings is 1. The molecule has 2 aromatic rings. The molecular weight excluding hydrogens is 334 g/mol. The molecule has 0 unspecified atom stereocenters. The normalized spacial score (nSPS) is 14.8. The smallest absolute Gasteiger partial charge is 0.335 e. The summed E-state index contributed by atoms with van der Waals surface area (Å²) < 4.78 is 5.35. The summed E-state index contributed by atoms with van der Waals surface area (Å²) in [4.78, 5) is 22.2. The van der Waals surface area contributed by atoms with Crippen LogP contribution in [-0.4, -0.2) is 65.3 Å². The fraction of sp³-hybridized carbons (Fsp3) is 0.389. The molecule has 1 saturated heterocycles. The standard InChI is InChI=1S/C18H23N5O3/c1-13-20-16(19-5-6-23-7-9-26-10-8-23)12-17(21-13)22-15-4-2-3-14(11-15)18(24)25/h2-4,11-12H,5-10H2,1H3,(H,24,25)(H2,19,20,21,22). The predicted octanol–water partition coefficient (Wildman–Crippen LogP) is 1.97. The van der Waals surface area contributed by atoms with Gasteiger partial charge in [0, 0.05) is 37.9 Å². The number of rotatable bonds is 7. The van der Waals surface area contributed by atoms with E-state index in [9.17, 15) is 4.79 Å². The monoisotopic (exact) mass is 357 g/mol. The van der Waals surface area contributed by atoms with Gasteiger partial charge < -0.3 is 20.5 Å². The number of anilines is 3. The molecule has 0 radical (unpaired) electrons. The Bertz CT molecular complexity index is 762.